The average Bonchev–Trinajstić information content (AvgIpc) is 3.22. The Bertz CT molecular complexity index is 1370. The molecule has 1 saturated heterocycles. The molecule has 1 aliphatic heterocycles. The van der Waals surface area contributed by atoms with Crippen LogP contribution in [0.15, 0.2) is 35.2 Å². The van der Waals surface area contributed by atoms with Gasteiger partial charge < -0.3 is 15.6 Å². The van der Waals surface area contributed by atoms with Gasteiger partial charge >= 0.3 is 0 Å². The molecule has 4 rings (SSSR count). The number of amides is 1. The summed E-state index contributed by atoms with van der Waals surface area (Å²) < 4.78 is 51.6. The number of imidazole rings is 1. The van der Waals surface area contributed by atoms with Gasteiger partial charge in [0.25, 0.3) is 5.92 Å². The Balaban J connectivity index is 1.74. The summed E-state index contributed by atoms with van der Waals surface area (Å²) in [6.45, 7) is 1.78. The number of nitrogens with two attached hydrogens (primary N) is 1. The fraction of sp³-hybridized carbons (Fsp3) is 0.391. The molecule has 188 valence electrons. The number of fused-ring (bicyclic) bond motifs is 1. The third-order valence-electron chi connectivity index (χ3n) is 6.24. The summed E-state index contributed by atoms with van der Waals surface area (Å²) >= 11 is 13.1. The summed E-state index contributed by atoms with van der Waals surface area (Å²) in [7, 11) is -3.38. The molecule has 0 aliphatic carbocycles. The van der Waals surface area contributed by atoms with Crippen molar-refractivity contribution in [2.45, 2.75) is 42.9 Å². The lowest BCUT2D eigenvalue weighted by Gasteiger charge is -2.34. The zero-order valence-electron chi connectivity index (χ0n) is 18.8. The predicted octanol–water partition coefficient (Wildman–Crippen LogP) is 4.91. The van der Waals surface area contributed by atoms with E-state index < -0.39 is 27.6 Å². The minimum atomic E-state index is -3.38. The van der Waals surface area contributed by atoms with E-state index in [-0.39, 0.29) is 53.0 Å². The number of hydrogen-bond acceptors (Lipinski definition) is 5. The lowest BCUT2D eigenvalue weighted by Crippen LogP contribution is -2.39. The molecule has 1 aliphatic rings. The van der Waals surface area contributed by atoms with Crippen LogP contribution >= 0.6 is 23.2 Å². The summed E-state index contributed by atoms with van der Waals surface area (Å²) in [6, 6.07) is 7.81. The largest absolute Gasteiger partial charge is 0.370 e. The SMILES string of the molecule is CCS(=O)(=O)c1ccc(C(CC(N)=O)c2nc3cc(Cl)c(N4CCC(F)(F)CC4)c(Cl)c3[nH]2)cc1. The van der Waals surface area contributed by atoms with Crippen LogP contribution in [0.2, 0.25) is 10.0 Å². The van der Waals surface area contributed by atoms with E-state index in [0.717, 1.165) is 0 Å². The Morgan fingerprint density at radius 1 is 1.23 bits per heavy atom. The second kappa shape index (κ2) is 9.55. The fourth-order valence-electron chi connectivity index (χ4n) is 4.25. The molecular weight excluding hydrogens is 521 g/mol. The van der Waals surface area contributed by atoms with E-state index in [9.17, 15) is 22.0 Å². The van der Waals surface area contributed by atoms with Gasteiger partial charge in [0.05, 0.1) is 43.3 Å². The van der Waals surface area contributed by atoms with Crippen molar-refractivity contribution in [3.8, 4) is 0 Å². The van der Waals surface area contributed by atoms with Gasteiger partial charge in [-0.05, 0) is 23.8 Å². The van der Waals surface area contributed by atoms with Crippen LogP contribution < -0.4 is 10.6 Å². The smallest absolute Gasteiger partial charge is 0.251 e. The number of sulfone groups is 1. The summed E-state index contributed by atoms with van der Waals surface area (Å²) in [5.41, 5.74) is 7.48. The number of anilines is 1. The highest BCUT2D eigenvalue weighted by atomic mass is 35.5. The van der Waals surface area contributed by atoms with Crippen LogP contribution in [0.1, 0.15) is 43.5 Å². The van der Waals surface area contributed by atoms with Gasteiger partial charge in [0.1, 0.15) is 5.82 Å². The average molecular weight is 545 g/mol. The zero-order chi connectivity index (χ0) is 25.5. The molecule has 1 aromatic heterocycles. The maximum absolute atomic E-state index is 13.6. The summed E-state index contributed by atoms with van der Waals surface area (Å²) in [5.74, 6) is -3.51. The van der Waals surface area contributed by atoms with Crippen molar-refractivity contribution < 1.29 is 22.0 Å². The van der Waals surface area contributed by atoms with Gasteiger partial charge in [-0.25, -0.2) is 22.2 Å². The highest BCUT2D eigenvalue weighted by molar-refractivity contribution is 7.91. The normalized spacial score (nSPS) is 17.0. The number of carbonyl (C=O) groups is 1. The minimum absolute atomic E-state index is 0.0309. The van der Waals surface area contributed by atoms with Crippen LogP contribution in [-0.4, -0.2) is 49.1 Å². The molecule has 2 aromatic carbocycles. The molecule has 0 spiro atoms. The Morgan fingerprint density at radius 2 is 1.86 bits per heavy atom. The van der Waals surface area contributed by atoms with Crippen LogP contribution in [0.25, 0.3) is 11.0 Å². The summed E-state index contributed by atoms with van der Waals surface area (Å²) in [6.07, 6.45) is -0.675. The summed E-state index contributed by atoms with van der Waals surface area (Å²) in [5, 5.41) is 0.532. The van der Waals surface area contributed by atoms with E-state index in [0.29, 0.717) is 28.1 Å². The molecule has 0 saturated carbocycles. The van der Waals surface area contributed by atoms with Crippen LogP contribution in [0, 0.1) is 0 Å². The van der Waals surface area contributed by atoms with Gasteiger partial charge in [0.15, 0.2) is 9.84 Å². The number of nitrogens with one attached hydrogen (secondary N) is 1. The zero-order valence-corrected chi connectivity index (χ0v) is 21.2. The lowest BCUT2D eigenvalue weighted by atomic mass is 9.95. The fourth-order valence-corrected chi connectivity index (χ4v) is 5.86. The number of hydrogen-bond donors (Lipinski definition) is 2. The van der Waals surface area contributed by atoms with Gasteiger partial charge in [0, 0.05) is 32.4 Å². The highest BCUT2D eigenvalue weighted by Gasteiger charge is 2.35. The molecule has 1 atom stereocenters. The molecule has 0 radical (unpaired) electrons. The molecule has 3 N–H and O–H groups in total. The number of rotatable bonds is 7. The van der Waals surface area contributed by atoms with Gasteiger partial charge in [-0.2, -0.15) is 0 Å². The first kappa shape index (κ1) is 25.7. The van der Waals surface area contributed by atoms with E-state index in [2.05, 4.69) is 9.97 Å². The minimum Gasteiger partial charge on any atom is -0.370 e. The number of aromatic amines is 1. The van der Waals surface area contributed by atoms with Crippen LogP contribution in [-0.2, 0) is 14.6 Å². The number of carbonyl (C=O) groups excluding carboxylic acids is 1. The Kier molecular flexibility index (Phi) is 7.00. The molecule has 12 heteroatoms. The molecule has 1 fully saturated rings. The molecule has 35 heavy (non-hydrogen) atoms. The van der Waals surface area contributed by atoms with E-state index in [1.807, 2.05) is 0 Å². The van der Waals surface area contributed by atoms with Crippen molar-refractivity contribution in [2.24, 2.45) is 5.73 Å². The number of nitrogens with zero attached hydrogens (tertiary/aromatic N) is 2. The number of H-pyrrole nitrogens is 1. The number of halogens is 4. The molecular formula is C23H24Cl2F2N4O3S. The Morgan fingerprint density at radius 3 is 2.43 bits per heavy atom. The number of primary amides is 1. The van der Waals surface area contributed by atoms with Gasteiger partial charge in [0.2, 0.25) is 5.91 Å². The number of benzene rings is 2. The van der Waals surface area contributed by atoms with E-state index in [1.165, 1.54) is 12.1 Å². The lowest BCUT2D eigenvalue weighted by molar-refractivity contribution is -0.118. The molecule has 3 aromatic rings. The van der Waals surface area contributed by atoms with Crippen molar-refractivity contribution in [3.05, 3.63) is 51.8 Å². The van der Waals surface area contributed by atoms with E-state index in [4.69, 9.17) is 28.9 Å². The number of aromatic nitrogens is 2. The summed E-state index contributed by atoms with van der Waals surface area (Å²) in [4.78, 5) is 21.5. The van der Waals surface area contributed by atoms with Gasteiger partial charge in [-0.15, -0.1) is 0 Å². The second-order valence-corrected chi connectivity index (χ2v) is 11.6. The first-order valence-corrected chi connectivity index (χ1v) is 13.4. The van der Waals surface area contributed by atoms with Gasteiger partial charge in [-0.1, -0.05) is 42.3 Å². The van der Waals surface area contributed by atoms with Crippen molar-refractivity contribution in [2.75, 3.05) is 23.7 Å². The third kappa shape index (κ3) is 5.24. The maximum atomic E-state index is 13.6. The molecule has 0 bridgehead atoms. The maximum Gasteiger partial charge on any atom is 0.251 e. The Hall–Kier alpha value is -2.43. The quantitative estimate of drug-likeness (QED) is 0.439. The van der Waals surface area contributed by atoms with Crippen LogP contribution in [0.5, 0.6) is 0 Å². The van der Waals surface area contributed by atoms with Crippen LogP contribution in [0.4, 0.5) is 14.5 Å². The number of alkyl halides is 2. The molecule has 1 unspecified atom stereocenters. The van der Waals surface area contributed by atoms with Crippen LogP contribution in [0.3, 0.4) is 0 Å². The monoisotopic (exact) mass is 544 g/mol. The Labute approximate surface area is 211 Å². The number of piperidine rings is 1. The third-order valence-corrected chi connectivity index (χ3v) is 8.64. The van der Waals surface area contributed by atoms with Crippen molar-refractivity contribution in [1.82, 2.24) is 9.97 Å². The first-order valence-electron chi connectivity index (χ1n) is 11.0. The van der Waals surface area contributed by atoms with E-state index in [1.54, 1.807) is 30.0 Å². The van der Waals surface area contributed by atoms with Crippen molar-refractivity contribution >= 4 is 55.7 Å². The predicted molar refractivity (Wildman–Crippen MR) is 132 cm³/mol. The molecule has 2 heterocycles. The van der Waals surface area contributed by atoms with Crippen molar-refractivity contribution in [3.63, 3.8) is 0 Å². The second-order valence-electron chi connectivity index (χ2n) is 8.58. The molecule has 1 amide bonds. The first-order chi connectivity index (χ1) is 16.4. The topological polar surface area (TPSA) is 109 Å². The highest BCUT2D eigenvalue weighted by Crippen LogP contribution is 2.42. The van der Waals surface area contributed by atoms with Crippen molar-refractivity contribution in [1.29, 1.82) is 0 Å². The molecule has 7 nitrogen and oxygen atoms in total. The van der Waals surface area contributed by atoms with Gasteiger partial charge in [-0.3, -0.25) is 4.79 Å². The van der Waals surface area contributed by atoms with E-state index >= 15 is 0 Å². The standard InChI is InChI=1S/C23H24Cl2F2N4O3S/c1-2-35(33,34)14-5-3-13(4-6-14)15(11-18(28)32)22-29-17-12-16(24)21(19(25)20(17)30-22)31-9-7-23(26,27)8-10-31/h3-6,12,15H,2,7-11H2,1H3,(H2,28,32)(H,29,30).